The van der Waals surface area contributed by atoms with Crippen molar-refractivity contribution in [3.63, 3.8) is 0 Å². The molecule has 3 heteroatoms. The molecule has 0 spiro atoms. The highest BCUT2D eigenvalue weighted by atomic mass is 16.5. The number of carbonyl (C=O) groups excluding carboxylic acids is 1. The molecule has 0 unspecified atom stereocenters. The fourth-order valence-corrected chi connectivity index (χ4v) is 3.09. The van der Waals surface area contributed by atoms with Gasteiger partial charge in [-0.25, -0.2) is 0 Å². The molecular weight excluding hydrogens is 214 g/mol. The Morgan fingerprint density at radius 3 is 2.53 bits per heavy atom. The molecule has 2 aliphatic rings. The van der Waals surface area contributed by atoms with Gasteiger partial charge in [0, 0.05) is 19.5 Å². The van der Waals surface area contributed by atoms with Gasteiger partial charge in [0.25, 0.3) is 0 Å². The Morgan fingerprint density at radius 2 is 1.88 bits per heavy atom. The van der Waals surface area contributed by atoms with Crippen molar-refractivity contribution in [2.24, 2.45) is 11.8 Å². The summed E-state index contributed by atoms with van der Waals surface area (Å²) in [7, 11) is 0. The number of nitrogens with zero attached hydrogens (tertiary/aromatic N) is 1. The number of ether oxygens (including phenoxy) is 1. The highest BCUT2D eigenvalue weighted by Gasteiger charge is 2.25. The summed E-state index contributed by atoms with van der Waals surface area (Å²) in [6.07, 6.45) is 7.52. The van der Waals surface area contributed by atoms with Gasteiger partial charge in [0.05, 0.1) is 13.2 Å². The number of amides is 1. The minimum absolute atomic E-state index is 0.339. The van der Waals surface area contributed by atoms with E-state index in [1.807, 2.05) is 4.90 Å². The topological polar surface area (TPSA) is 29.5 Å². The Labute approximate surface area is 105 Å². The molecule has 1 aliphatic carbocycles. The second-order valence-electron chi connectivity index (χ2n) is 5.57. The lowest BCUT2D eigenvalue weighted by Crippen LogP contribution is -2.41. The Hall–Kier alpha value is -0.570. The van der Waals surface area contributed by atoms with E-state index in [4.69, 9.17) is 4.74 Å². The van der Waals surface area contributed by atoms with Crippen molar-refractivity contribution >= 4 is 5.91 Å². The lowest BCUT2D eigenvalue weighted by Gasteiger charge is -2.31. The molecule has 0 radical (unpaired) electrons. The minimum atomic E-state index is 0.339. The number of hydrogen-bond donors (Lipinski definition) is 0. The van der Waals surface area contributed by atoms with Crippen LogP contribution in [0.1, 0.15) is 45.4 Å². The van der Waals surface area contributed by atoms with Crippen molar-refractivity contribution in [2.75, 3.05) is 26.3 Å². The molecule has 1 amide bonds. The first kappa shape index (κ1) is 12.9. The smallest absolute Gasteiger partial charge is 0.223 e. The van der Waals surface area contributed by atoms with E-state index in [9.17, 15) is 4.79 Å². The molecule has 0 N–H and O–H groups in total. The van der Waals surface area contributed by atoms with Gasteiger partial charge >= 0.3 is 0 Å². The van der Waals surface area contributed by atoms with Crippen molar-refractivity contribution in [1.82, 2.24) is 4.90 Å². The van der Waals surface area contributed by atoms with E-state index >= 15 is 0 Å². The lowest BCUT2D eigenvalue weighted by molar-refractivity contribution is -0.136. The maximum atomic E-state index is 12.1. The standard InChI is InChI=1S/C14H25NO2/c1-12(13-5-3-2-4-6-13)11-14(16)15-7-9-17-10-8-15/h12-13H,2-11H2,1H3/t12-/m1/s1. The molecular formula is C14H25NO2. The first-order valence-electron chi connectivity index (χ1n) is 7.13. The second-order valence-corrected chi connectivity index (χ2v) is 5.57. The van der Waals surface area contributed by atoms with Gasteiger partial charge in [0.15, 0.2) is 0 Å². The summed E-state index contributed by atoms with van der Waals surface area (Å²) in [6, 6.07) is 0. The summed E-state index contributed by atoms with van der Waals surface area (Å²) < 4.78 is 5.28. The Morgan fingerprint density at radius 1 is 1.24 bits per heavy atom. The molecule has 3 nitrogen and oxygen atoms in total. The van der Waals surface area contributed by atoms with E-state index in [1.165, 1.54) is 32.1 Å². The SMILES string of the molecule is C[C@H](CC(=O)N1CCOCC1)C1CCCCC1. The third-order valence-electron chi connectivity index (χ3n) is 4.31. The first-order chi connectivity index (χ1) is 8.27. The number of hydrogen-bond acceptors (Lipinski definition) is 2. The fourth-order valence-electron chi connectivity index (χ4n) is 3.09. The van der Waals surface area contributed by atoms with Crippen LogP contribution in [0.3, 0.4) is 0 Å². The van der Waals surface area contributed by atoms with Crippen LogP contribution in [0.2, 0.25) is 0 Å². The second kappa shape index (κ2) is 6.39. The molecule has 0 bridgehead atoms. The van der Waals surface area contributed by atoms with E-state index in [2.05, 4.69) is 6.92 Å². The van der Waals surface area contributed by atoms with Gasteiger partial charge < -0.3 is 9.64 Å². The van der Waals surface area contributed by atoms with Crippen LogP contribution in [0.15, 0.2) is 0 Å². The van der Waals surface area contributed by atoms with Crippen molar-refractivity contribution in [2.45, 2.75) is 45.4 Å². The van der Waals surface area contributed by atoms with Gasteiger partial charge in [-0.1, -0.05) is 39.0 Å². The first-order valence-corrected chi connectivity index (χ1v) is 7.13. The molecule has 1 heterocycles. The fraction of sp³-hybridized carbons (Fsp3) is 0.929. The van der Waals surface area contributed by atoms with Crippen molar-refractivity contribution < 1.29 is 9.53 Å². The van der Waals surface area contributed by atoms with Crippen LogP contribution in [0.4, 0.5) is 0 Å². The van der Waals surface area contributed by atoms with Crippen molar-refractivity contribution in [3.05, 3.63) is 0 Å². The molecule has 1 saturated heterocycles. The highest BCUT2D eigenvalue weighted by molar-refractivity contribution is 5.76. The van der Waals surface area contributed by atoms with Gasteiger partial charge in [0.1, 0.15) is 0 Å². The van der Waals surface area contributed by atoms with Gasteiger partial charge in [-0.05, 0) is 11.8 Å². The van der Waals surface area contributed by atoms with Crippen LogP contribution >= 0.6 is 0 Å². The van der Waals surface area contributed by atoms with Crippen LogP contribution in [-0.4, -0.2) is 37.1 Å². The summed E-state index contributed by atoms with van der Waals surface area (Å²) in [5.74, 6) is 1.69. The normalized spacial score (nSPS) is 24.6. The van der Waals surface area contributed by atoms with Crippen LogP contribution in [0.25, 0.3) is 0 Å². The lowest BCUT2D eigenvalue weighted by atomic mass is 9.79. The number of rotatable bonds is 3. The van der Waals surface area contributed by atoms with Crippen LogP contribution in [-0.2, 0) is 9.53 Å². The zero-order valence-corrected chi connectivity index (χ0v) is 11.0. The summed E-state index contributed by atoms with van der Waals surface area (Å²) in [5.41, 5.74) is 0. The van der Waals surface area contributed by atoms with E-state index < -0.39 is 0 Å². The molecule has 2 rings (SSSR count). The summed E-state index contributed by atoms with van der Waals surface area (Å²) in [5, 5.41) is 0. The third kappa shape index (κ3) is 3.70. The van der Waals surface area contributed by atoms with E-state index in [0.29, 0.717) is 25.0 Å². The zero-order chi connectivity index (χ0) is 12.1. The van der Waals surface area contributed by atoms with Crippen molar-refractivity contribution in [3.8, 4) is 0 Å². The predicted molar refractivity (Wildman–Crippen MR) is 67.8 cm³/mol. The molecule has 98 valence electrons. The largest absolute Gasteiger partial charge is 0.378 e. The van der Waals surface area contributed by atoms with E-state index in [1.54, 1.807) is 0 Å². The molecule has 0 aromatic heterocycles. The Bertz CT molecular complexity index is 243. The Balaban J connectivity index is 1.76. The minimum Gasteiger partial charge on any atom is -0.378 e. The maximum absolute atomic E-state index is 12.1. The Kier molecular flexibility index (Phi) is 4.84. The quantitative estimate of drug-likeness (QED) is 0.757. The molecule has 2 fully saturated rings. The van der Waals surface area contributed by atoms with E-state index in [-0.39, 0.29) is 0 Å². The van der Waals surface area contributed by atoms with E-state index in [0.717, 1.165) is 25.4 Å². The van der Waals surface area contributed by atoms with Crippen LogP contribution in [0, 0.1) is 11.8 Å². The van der Waals surface area contributed by atoms with Crippen LogP contribution < -0.4 is 0 Å². The van der Waals surface area contributed by atoms with Gasteiger partial charge in [-0.15, -0.1) is 0 Å². The van der Waals surface area contributed by atoms with Gasteiger partial charge in [-0.3, -0.25) is 4.79 Å². The highest BCUT2D eigenvalue weighted by Crippen LogP contribution is 2.31. The predicted octanol–water partition coefficient (Wildman–Crippen LogP) is 2.45. The molecule has 1 saturated carbocycles. The number of carbonyl (C=O) groups is 1. The van der Waals surface area contributed by atoms with Gasteiger partial charge in [0.2, 0.25) is 5.91 Å². The average molecular weight is 239 g/mol. The van der Waals surface area contributed by atoms with Crippen LogP contribution in [0.5, 0.6) is 0 Å². The summed E-state index contributed by atoms with van der Waals surface area (Å²) in [4.78, 5) is 14.1. The number of morpholine rings is 1. The zero-order valence-electron chi connectivity index (χ0n) is 11.0. The summed E-state index contributed by atoms with van der Waals surface area (Å²) >= 11 is 0. The molecule has 1 atom stereocenters. The molecule has 0 aromatic rings. The molecule has 0 aromatic carbocycles. The molecule has 17 heavy (non-hydrogen) atoms. The monoisotopic (exact) mass is 239 g/mol. The summed E-state index contributed by atoms with van der Waals surface area (Å²) in [6.45, 7) is 5.26. The third-order valence-corrected chi connectivity index (χ3v) is 4.31. The average Bonchev–Trinajstić information content (AvgIpc) is 2.40. The van der Waals surface area contributed by atoms with Gasteiger partial charge in [-0.2, -0.15) is 0 Å². The maximum Gasteiger partial charge on any atom is 0.223 e. The van der Waals surface area contributed by atoms with Crippen molar-refractivity contribution in [1.29, 1.82) is 0 Å². The molecule has 1 aliphatic heterocycles.